The second-order valence-corrected chi connectivity index (χ2v) is 10.9. The molecule has 2 N–H and O–H groups in total. The molecule has 190 valence electrons. The Bertz CT molecular complexity index is 1640. The van der Waals surface area contributed by atoms with Gasteiger partial charge >= 0.3 is 0 Å². The number of anilines is 3. The zero-order chi connectivity index (χ0) is 26.2. The molecular formula is C26H28N8O2S. The predicted molar refractivity (Wildman–Crippen MR) is 143 cm³/mol. The van der Waals surface area contributed by atoms with Gasteiger partial charge in [0.25, 0.3) is 10.0 Å². The minimum atomic E-state index is -3.89. The van der Waals surface area contributed by atoms with Crippen LogP contribution >= 0.6 is 0 Å². The summed E-state index contributed by atoms with van der Waals surface area (Å²) in [5, 5.41) is 11.5. The molecular weight excluding hydrogens is 488 g/mol. The summed E-state index contributed by atoms with van der Waals surface area (Å²) in [6.45, 7) is 7.94. The molecule has 10 nitrogen and oxygen atoms in total. The van der Waals surface area contributed by atoms with Gasteiger partial charge in [-0.2, -0.15) is 15.1 Å². The normalized spacial score (nSPS) is 12.7. The SMILES string of the molecule is Cc1ccc(S(=O)(=O)n2ccc3c(N[C@@H](C)c4ccccn4)nc(Nc4cnn(C(C)C)c4)nc32)cc1. The lowest BCUT2D eigenvalue weighted by Crippen LogP contribution is -2.14. The number of nitrogens with one attached hydrogen (secondary N) is 2. The van der Waals surface area contributed by atoms with Crippen molar-refractivity contribution >= 4 is 38.5 Å². The Morgan fingerprint density at radius 2 is 1.76 bits per heavy atom. The molecule has 4 aromatic heterocycles. The van der Waals surface area contributed by atoms with Crippen LogP contribution in [0.3, 0.4) is 0 Å². The minimum Gasteiger partial charge on any atom is -0.361 e. The smallest absolute Gasteiger partial charge is 0.269 e. The maximum Gasteiger partial charge on any atom is 0.269 e. The van der Waals surface area contributed by atoms with E-state index in [0.717, 1.165) is 11.3 Å². The van der Waals surface area contributed by atoms with E-state index >= 15 is 0 Å². The maximum atomic E-state index is 13.6. The highest BCUT2D eigenvalue weighted by atomic mass is 32.2. The first kappa shape index (κ1) is 24.4. The van der Waals surface area contributed by atoms with E-state index in [0.29, 0.717) is 16.9 Å². The van der Waals surface area contributed by atoms with Crippen LogP contribution in [0.15, 0.2) is 78.2 Å². The van der Waals surface area contributed by atoms with Crippen molar-refractivity contribution in [1.29, 1.82) is 0 Å². The molecule has 0 amide bonds. The lowest BCUT2D eigenvalue weighted by Gasteiger charge is -2.16. The zero-order valence-electron chi connectivity index (χ0n) is 21.0. The van der Waals surface area contributed by atoms with Gasteiger partial charge in [0.2, 0.25) is 5.95 Å². The molecule has 5 aromatic rings. The first-order valence-electron chi connectivity index (χ1n) is 11.9. The predicted octanol–water partition coefficient (Wildman–Crippen LogP) is 5.07. The highest BCUT2D eigenvalue weighted by molar-refractivity contribution is 7.90. The third kappa shape index (κ3) is 4.90. The average Bonchev–Trinajstić information content (AvgIpc) is 3.53. The molecule has 0 aliphatic heterocycles. The molecule has 1 aromatic carbocycles. The Morgan fingerprint density at radius 1 is 0.973 bits per heavy atom. The second-order valence-electron chi connectivity index (χ2n) is 9.11. The molecule has 1 atom stereocenters. The Kier molecular flexibility index (Phi) is 6.38. The fraction of sp³-hybridized carbons (Fsp3) is 0.231. The Morgan fingerprint density at radius 3 is 2.43 bits per heavy atom. The number of fused-ring (bicyclic) bond motifs is 1. The molecule has 0 aliphatic carbocycles. The van der Waals surface area contributed by atoms with Crippen LogP contribution in [-0.4, -0.2) is 37.1 Å². The van der Waals surface area contributed by atoms with E-state index in [1.54, 1.807) is 42.7 Å². The van der Waals surface area contributed by atoms with Gasteiger partial charge < -0.3 is 10.6 Å². The van der Waals surface area contributed by atoms with Gasteiger partial charge in [-0.05, 0) is 58.0 Å². The lowest BCUT2D eigenvalue weighted by atomic mass is 10.2. The van der Waals surface area contributed by atoms with Crippen molar-refractivity contribution in [3.63, 3.8) is 0 Å². The van der Waals surface area contributed by atoms with Crippen molar-refractivity contribution in [3.05, 3.63) is 84.6 Å². The molecule has 4 heterocycles. The lowest BCUT2D eigenvalue weighted by molar-refractivity contribution is 0.532. The Balaban J connectivity index is 1.61. The first-order chi connectivity index (χ1) is 17.7. The standard InChI is InChI=1S/C26H28N8O2S/c1-17(2)33-16-20(15-28-33)30-26-31-24(29-19(4)23-7-5-6-13-27-23)22-12-14-34(25(22)32-26)37(35,36)21-10-8-18(3)9-11-21/h5-17,19H,1-4H3,(H2,29,30,31,32)/t19-/m0/s1. The average molecular weight is 517 g/mol. The third-order valence-electron chi connectivity index (χ3n) is 5.96. The molecule has 0 radical (unpaired) electrons. The van der Waals surface area contributed by atoms with Gasteiger partial charge in [0.05, 0.1) is 33.9 Å². The summed E-state index contributed by atoms with van der Waals surface area (Å²) in [5.74, 6) is 0.727. The van der Waals surface area contributed by atoms with Gasteiger partial charge in [-0.15, -0.1) is 0 Å². The summed E-state index contributed by atoms with van der Waals surface area (Å²) < 4.78 is 30.1. The van der Waals surface area contributed by atoms with Crippen molar-refractivity contribution in [3.8, 4) is 0 Å². The van der Waals surface area contributed by atoms with E-state index in [-0.39, 0.29) is 28.6 Å². The Hall–Kier alpha value is -4.25. The van der Waals surface area contributed by atoms with Crippen LogP contribution in [0.25, 0.3) is 11.0 Å². The van der Waals surface area contributed by atoms with Crippen molar-refractivity contribution in [1.82, 2.24) is 28.7 Å². The number of pyridine rings is 1. The fourth-order valence-corrected chi connectivity index (χ4v) is 5.20. The van der Waals surface area contributed by atoms with Crippen LogP contribution in [0, 0.1) is 6.92 Å². The van der Waals surface area contributed by atoms with Gasteiger partial charge in [0.15, 0.2) is 5.65 Å². The van der Waals surface area contributed by atoms with Crippen LogP contribution in [0.4, 0.5) is 17.5 Å². The minimum absolute atomic E-state index is 0.179. The summed E-state index contributed by atoms with van der Waals surface area (Å²) in [5.41, 5.74) is 2.75. The van der Waals surface area contributed by atoms with Crippen molar-refractivity contribution in [2.75, 3.05) is 10.6 Å². The van der Waals surface area contributed by atoms with E-state index < -0.39 is 10.0 Å². The summed E-state index contributed by atoms with van der Waals surface area (Å²) in [7, 11) is -3.89. The number of benzene rings is 1. The fourth-order valence-electron chi connectivity index (χ4n) is 3.90. The molecule has 0 unspecified atom stereocenters. The van der Waals surface area contributed by atoms with Gasteiger partial charge in [-0.3, -0.25) is 9.67 Å². The number of rotatable bonds is 8. The van der Waals surface area contributed by atoms with Gasteiger partial charge in [0.1, 0.15) is 5.82 Å². The topological polar surface area (TPSA) is 120 Å². The van der Waals surface area contributed by atoms with Crippen molar-refractivity contribution < 1.29 is 8.42 Å². The van der Waals surface area contributed by atoms with E-state index in [1.807, 2.05) is 56.8 Å². The summed E-state index contributed by atoms with van der Waals surface area (Å²) in [4.78, 5) is 13.9. The van der Waals surface area contributed by atoms with Gasteiger partial charge in [0, 0.05) is 24.6 Å². The molecule has 5 rings (SSSR count). The third-order valence-corrected chi connectivity index (χ3v) is 7.64. The van der Waals surface area contributed by atoms with Crippen molar-refractivity contribution in [2.24, 2.45) is 0 Å². The van der Waals surface area contributed by atoms with Crippen LogP contribution in [0.1, 0.15) is 44.1 Å². The number of aromatic nitrogens is 6. The summed E-state index contributed by atoms with van der Waals surface area (Å²) >= 11 is 0. The van der Waals surface area contributed by atoms with Crippen LogP contribution in [0.5, 0.6) is 0 Å². The molecule has 37 heavy (non-hydrogen) atoms. The monoisotopic (exact) mass is 516 g/mol. The summed E-state index contributed by atoms with van der Waals surface area (Å²) in [6, 6.07) is 14.1. The van der Waals surface area contributed by atoms with Crippen LogP contribution in [0.2, 0.25) is 0 Å². The van der Waals surface area contributed by atoms with Crippen LogP contribution < -0.4 is 10.6 Å². The number of hydrogen-bond acceptors (Lipinski definition) is 8. The second kappa shape index (κ2) is 9.66. The molecule has 0 spiro atoms. The number of hydrogen-bond donors (Lipinski definition) is 2. The van der Waals surface area contributed by atoms with Gasteiger partial charge in [-0.1, -0.05) is 23.8 Å². The van der Waals surface area contributed by atoms with Crippen molar-refractivity contribution in [2.45, 2.75) is 44.7 Å². The van der Waals surface area contributed by atoms with E-state index in [2.05, 4.69) is 30.7 Å². The van der Waals surface area contributed by atoms with E-state index in [4.69, 9.17) is 0 Å². The molecule has 0 bridgehead atoms. The Labute approximate surface area is 215 Å². The zero-order valence-corrected chi connectivity index (χ0v) is 21.8. The first-order valence-corrected chi connectivity index (χ1v) is 13.4. The number of aryl methyl sites for hydroxylation is 1. The molecule has 0 aliphatic rings. The molecule has 0 fully saturated rings. The molecule has 0 saturated carbocycles. The largest absolute Gasteiger partial charge is 0.361 e. The van der Waals surface area contributed by atoms with Crippen LogP contribution in [-0.2, 0) is 10.0 Å². The number of nitrogens with zero attached hydrogens (tertiary/aromatic N) is 6. The van der Waals surface area contributed by atoms with E-state index in [9.17, 15) is 8.42 Å². The summed E-state index contributed by atoms with van der Waals surface area (Å²) in [6.07, 6.45) is 6.77. The highest BCUT2D eigenvalue weighted by Gasteiger charge is 2.23. The van der Waals surface area contributed by atoms with Gasteiger partial charge in [-0.25, -0.2) is 12.4 Å². The molecule has 0 saturated heterocycles. The van der Waals surface area contributed by atoms with E-state index in [1.165, 1.54) is 10.2 Å². The quantitative estimate of drug-likeness (QED) is 0.293. The highest BCUT2D eigenvalue weighted by Crippen LogP contribution is 2.30. The molecule has 11 heteroatoms. The maximum absolute atomic E-state index is 13.6.